The third-order valence-corrected chi connectivity index (χ3v) is 4.87. The smallest absolute Gasteiger partial charge is 0.0415 e. The summed E-state index contributed by atoms with van der Waals surface area (Å²) in [5.74, 6) is 0. The summed E-state index contributed by atoms with van der Waals surface area (Å²) in [7, 11) is 0. The molecule has 0 spiro atoms. The van der Waals surface area contributed by atoms with Crippen LogP contribution in [0.3, 0.4) is 0 Å². The van der Waals surface area contributed by atoms with E-state index in [1.165, 1.54) is 35.1 Å². The lowest BCUT2D eigenvalue weighted by Gasteiger charge is -2.13. The fraction of sp³-hybridized carbons (Fsp3) is 0.333. The highest BCUT2D eigenvalue weighted by Gasteiger charge is 2.08. The van der Waals surface area contributed by atoms with Crippen molar-refractivity contribution >= 4 is 28.4 Å². The van der Waals surface area contributed by atoms with Crippen molar-refractivity contribution in [1.29, 1.82) is 0 Å². The van der Waals surface area contributed by atoms with Crippen molar-refractivity contribution in [2.75, 3.05) is 5.32 Å². The Bertz CT molecular complexity index is 841. The van der Waals surface area contributed by atoms with Crippen LogP contribution in [0, 0.1) is 6.92 Å². The third kappa shape index (κ3) is 8.33. The molecule has 0 unspecified atom stereocenters. The Balaban J connectivity index is 0.000000960. The summed E-state index contributed by atoms with van der Waals surface area (Å²) in [5.41, 5.74) is 7.12. The van der Waals surface area contributed by atoms with Gasteiger partial charge in [-0.3, -0.25) is 0 Å². The van der Waals surface area contributed by atoms with E-state index in [1.807, 2.05) is 37.4 Å². The Labute approximate surface area is 183 Å². The summed E-state index contributed by atoms with van der Waals surface area (Å²) in [6, 6.07) is 14.6. The van der Waals surface area contributed by atoms with Gasteiger partial charge in [-0.25, -0.2) is 0 Å². The Morgan fingerprint density at radius 3 is 2.31 bits per heavy atom. The first-order chi connectivity index (χ1) is 14.0. The van der Waals surface area contributed by atoms with Crippen LogP contribution >= 0.6 is 11.6 Å². The van der Waals surface area contributed by atoms with Crippen LogP contribution in [-0.4, -0.2) is 0 Å². The molecule has 29 heavy (non-hydrogen) atoms. The van der Waals surface area contributed by atoms with Gasteiger partial charge in [0.25, 0.3) is 0 Å². The van der Waals surface area contributed by atoms with E-state index in [0.717, 1.165) is 22.7 Å². The van der Waals surface area contributed by atoms with Gasteiger partial charge in [-0.2, -0.15) is 0 Å². The summed E-state index contributed by atoms with van der Waals surface area (Å²) in [5, 5.41) is 4.11. The predicted molar refractivity (Wildman–Crippen MR) is 134 cm³/mol. The van der Waals surface area contributed by atoms with Crippen LogP contribution in [0.5, 0.6) is 0 Å². The van der Waals surface area contributed by atoms with E-state index in [9.17, 15) is 0 Å². The van der Waals surface area contributed by atoms with Crippen molar-refractivity contribution in [1.82, 2.24) is 0 Å². The van der Waals surface area contributed by atoms with E-state index in [0.29, 0.717) is 0 Å². The van der Waals surface area contributed by atoms with Crippen molar-refractivity contribution in [2.24, 2.45) is 0 Å². The van der Waals surface area contributed by atoms with E-state index < -0.39 is 0 Å². The lowest BCUT2D eigenvalue weighted by Crippen LogP contribution is -1.94. The van der Waals surface area contributed by atoms with E-state index in [-0.39, 0.29) is 0 Å². The van der Waals surface area contributed by atoms with Gasteiger partial charge >= 0.3 is 0 Å². The average Bonchev–Trinajstić information content (AvgIpc) is 2.74. The topological polar surface area (TPSA) is 12.0 Å². The van der Waals surface area contributed by atoms with Crippen molar-refractivity contribution in [3.63, 3.8) is 0 Å². The van der Waals surface area contributed by atoms with Gasteiger partial charge in [0.15, 0.2) is 0 Å². The number of anilines is 1. The van der Waals surface area contributed by atoms with Crippen molar-refractivity contribution in [2.45, 2.75) is 60.8 Å². The van der Waals surface area contributed by atoms with Crippen LogP contribution in [0.2, 0.25) is 5.02 Å². The minimum absolute atomic E-state index is 0.759. The number of halogens is 1. The van der Waals surface area contributed by atoms with Crippen LogP contribution in [-0.2, 0) is 0 Å². The van der Waals surface area contributed by atoms with Crippen LogP contribution in [0.25, 0.3) is 11.1 Å². The molecule has 2 heteroatoms. The molecule has 156 valence electrons. The molecule has 0 atom stereocenters. The molecule has 2 rings (SSSR count). The molecule has 0 amide bonds. The number of hydrogen-bond acceptors (Lipinski definition) is 1. The highest BCUT2D eigenvalue weighted by atomic mass is 35.5. The molecule has 2 aromatic rings. The second-order valence-electron chi connectivity index (χ2n) is 7.03. The van der Waals surface area contributed by atoms with Crippen LogP contribution in [0.1, 0.15) is 70.6 Å². The Morgan fingerprint density at radius 2 is 1.72 bits per heavy atom. The highest BCUT2D eigenvalue weighted by Crippen LogP contribution is 2.31. The number of aryl methyl sites for hydroxylation is 1. The molecule has 1 nitrogen and oxygen atoms in total. The van der Waals surface area contributed by atoms with Gasteiger partial charge in [0, 0.05) is 10.7 Å². The van der Waals surface area contributed by atoms with Gasteiger partial charge in [-0.1, -0.05) is 87.7 Å². The number of allylic oxidation sites excluding steroid dienone is 5. The Hall–Kier alpha value is -2.25. The van der Waals surface area contributed by atoms with Crippen molar-refractivity contribution in [3.05, 3.63) is 88.6 Å². The number of nitrogens with one attached hydrogen (secondary N) is 1. The van der Waals surface area contributed by atoms with E-state index >= 15 is 0 Å². The first-order valence-electron chi connectivity index (χ1n) is 10.6. The molecule has 0 saturated carbocycles. The molecule has 0 bridgehead atoms. The molecule has 0 heterocycles. The Morgan fingerprint density at radius 1 is 1.00 bits per heavy atom. The lowest BCUT2D eigenvalue weighted by atomic mass is 9.94. The van der Waals surface area contributed by atoms with Crippen molar-refractivity contribution < 1.29 is 0 Å². The largest absolute Gasteiger partial charge is 0.362 e. The SMILES string of the molecule is C/C=C\Nc1cc(C(/C=C\CC)=C(/C)c2cccc(Cl)c2)ccc1C.CCCC. The zero-order chi connectivity index (χ0) is 21.6. The zero-order valence-corrected chi connectivity index (χ0v) is 19.6. The molecular weight excluding hydrogens is 374 g/mol. The minimum Gasteiger partial charge on any atom is -0.362 e. The predicted octanol–water partition coefficient (Wildman–Crippen LogP) is 9.30. The molecule has 2 aromatic carbocycles. The highest BCUT2D eigenvalue weighted by molar-refractivity contribution is 6.30. The average molecular weight is 410 g/mol. The van der Waals surface area contributed by atoms with Gasteiger partial charge in [0.1, 0.15) is 0 Å². The van der Waals surface area contributed by atoms with E-state index in [1.54, 1.807) is 0 Å². The first-order valence-corrected chi connectivity index (χ1v) is 11.0. The van der Waals surface area contributed by atoms with Crippen LogP contribution in [0.15, 0.2) is 66.9 Å². The quantitative estimate of drug-likeness (QED) is 0.354. The van der Waals surface area contributed by atoms with Crippen LogP contribution in [0.4, 0.5) is 5.69 Å². The maximum atomic E-state index is 6.19. The fourth-order valence-electron chi connectivity index (χ4n) is 2.67. The molecule has 0 aliphatic carbocycles. The molecule has 0 saturated heterocycles. The monoisotopic (exact) mass is 409 g/mol. The van der Waals surface area contributed by atoms with Crippen LogP contribution < -0.4 is 5.32 Å². The summed E-state index contributed by atoms with van der Waals surface area (Å²) in [4.78, 5) is 0. The minimum atomic E-state index is 0.759. The standard InChI is InChI=1S/C23H26ClN.C4H10/c1-5-7-11-22(18(4)19-9-8-10-21(24)15-19)20-13-12-17(3)23(16-20)25-14-6-2;1-3-4-2/h6-16,25H,5H2,1-4H3;3-4H2,1-2H3/b11-7-,14-6-,22-18-;. The van der Waals surface area contributed by atoms with Gasteiger partial charge in [-0.15, -0.1) is 0 Å². The summed E-state index contributed by atoms with van der Waals surface area (Å²) >= 11 is 6.19. The number of hydrogen-bond donors (Lipinski definition) is 1. The summed E-state index contributed by atoms with van der Waals surface area (Å²) in [6.07, 6.45) is 12.0. The first kappa shape index (κ1) is 24.8. The van der Waals surface area contributed by atoms with Gasteiger partial charge in [0.05, 0.1) is 0 Å². The second kappa shape index (κ2) is 13.8. The maximum Gasteiger partial charge on any atom is 0.0415 e. The number of benzene rings is 2. The number of rotatable bonds is 7. The lowest BCUT2D eigenvalue weighted by molar-refractivity contribution is 0.886. The number of unbranched alkanes of at least 4 members (excludes halogenated alkanes) is 1. The molecule has 0 radical (unpaired) electrons. The zero-order valence-electron chi connectivity index (χ0n) is 18.9. The third-order valence-electron chi connectivity index (χ3n) is 4.64. The molecule has 0 aliphatic rings. The summed E-state index contributed by atoms with van der Waals surface area (Å²) < 4.78 is 0. The van der Waals surface area contributed by atoms with Gasteiger partial charge in [0.2, 0.25) is 0 Å². The molecule has 0 aliphatic heterocycles. The van der Waals surface area contributed by atoms with E-state index in [2.05, 4.69) is 76.4 Å². The Kier molecular flexibility index (Phi) is 11.8. The fourth-order valence-corrected chi connectivity index (χ4v) is 2.86. The molecule has 0 aromatic heterocycles. The summed E-state index contributed by atoms with van der Waals surface area (Å²) in [6.45, 7) is 12.8. The maximum absolute atomic E-state index is 6.19. The van der Waals surface area contributed by atoms with Gasteiger partial charge < -0.3 is 5.32 Å². The molecule has 0 fully saturated rings. The second-order valence-corrected chi connectivity index (χ2v) is 7.47. The molecule has 1 N–H and O–H groups in total. The van der Waals surface area contributed by atoms with Crippen molar-refractivity contribution in [3.8, 4) is 0 Å². The van der Waals surface area contributed by atoms with E-state index in [4.69, 9.17) is 11.6 Å². The van der Waals surface area contributed by atoms with Gasteiger partial charge in [-0.05, 0) is 79.4 Å². The molecular formula is C27H36ClN. The normalized spacial score (nSPS) is 12.0.